The van der Waals surface area contributed by atoms with Gasteiger partial charge < -0.3 is 5.73 Å². The molecular formula is C13H13N3. The van der Waals surface area contributed by atoms with E-state index in [9.17, 15) is 0 Å². The summed E-state index contributed by atoms with van der Waals surface area (Å²) >= 11 is 0. The van der Waals surface area contributed by atoms with Crippen LogP contribution in [0.3, 0.4) is 0 Å². The first-order valence-electron chi connectivity index (χ1n) is 5.06. The Labute approximate surface area is 94.7 Å². The minimum atomic E-state index is 0.743. The summed E-state index contributed by atoms with van der Waals surface area (Å²) in [5, 5.41) is 0. The van der Waals surface area contributed by atoms with Crippen molar-refractivity contribution < 1.29 is 0 Å². The van der Waals surface area contributed by atoms with Crippen LogP contribution in [-0.2, 0) is 0 Å². The first kappa shape index (κ1) is 10.4. The van der Waals surface area contributed by atoms with E-state index in [4.69, 9.17) is 5.73 Å². The molecule has 0 amide bonds. The van der Waals surface area contributed by atoms with Crippen molar-refractivity contribution in [2.24, 2.45) is 4.99 Å². The molecule has 0 fully saturated rings. The van der Waals surface area contributed by atoms with Crippen LogP contribution in [0.25, 0.3) is 0 Å². The smallest absolute Gasteiger partial charge is 0.0813 e. The van der Waals surface area contributed by atoms with E-state index in [1.54, 1.807) is 18.6 Å². The molecule has 1 aromatic carbocycles. The molecule has 0 unspecified atom stereocenters. The van der Waals surface area contributed by atoms with Gasteiger partial charge in [-0.25, -0.2) is 0 Å². The number of aryl methyl sites for hydroxylation is 1. The first-order valence-corrected chi connectivity index (χ1v) is 5.06. The van der Waals surface area contributed by atoms with Gasteiger partial charge in [0.1, 0.15) is 0 Å². The number of nitrogens with zero attached hydrogens (tertiary/aromatic N) is 2. The molecule has 2 aromatic rings. The second kappa shape index (κ2) is 4.57. The predicted octanol–water partition coefficient (Wildman–Crippen LogP) is 2.72. The molecule has 0 aliphatic rings. The van der Waals surface area contributed by atoms with Crippen molar-refractivity contribution in [2.45, 2.75) is 6.92 Å². The Morgan fingerprint density at radius 2 is 2.12 bits per heavy atom. The number of benzene rings is 1. The quantitative estimate of drug-likeness (QED) is 0.613. The van der Waals surface area contributed by atoms with Gasteiger partial charge in [0.25, 0.3) is 0 Å². The average Bonchev–Trinajstić information content (AvgIpc) is 2.30. The molecule has 3 heteroatoms. The van der Waals surface area contributed by atoms with Gasteiger partial charge >= 0.3 is 0 Å². The number of aromatic nitrogens is 1. The average molecular weight is 211 g/mol. The summed E-state index contributed by atoms with van der Waals surface area (Å²) in [4.78, 5) is 8.33. The standard InChI is InChI=1S/C13H13N3/c1-10-4-2-6-13(14)12(10)9-16-11-5-3-7-15-8-11/h2-9H,14H2,1H3. The highest BCUT2D eigenvalue weighted by atomic mass is 14.8. The fraction of sp³-hybridized carbons (Fsp3) is 0.0769. The molecule has 0 radical (unpaired) electrons. The van der Waals surface area contributed by atoms with Crippen LogP contribution in [0.2, 0.25) is 0 Å². The van der Waals surface area contributed by atoms with Crippen molar-refractivity contribution >= 4 is 17.6 Å². The van der Waals surface area contributed by atoms with Crippen molar-refractivity contribution in [2.75, 3.05) is 5.73 Å². The van der Waals surface area contributed by atoms with Gasteiger partial charge in [0, 0.05) is 23.7 Å². The number of aliphatic imine (C=N–C) groups is 1. The minimum absolute atomic E-state index is 0.743. The van der Waals surface area contributed by atoms with E-state index in [0.29, 0.717) is 0 Å². The van der Waals surface area contributed by atoms with Crippen molar-refractivity contribution in [3.8, 4) is 0 Å². The molecule has 0 saturated carbocycles. The highest BCUT2D eigenvalue weighted by Crippen LogP contribution is 2.15. The summed E-state index contributed by atoms with van der Waals surface area (Å²) in [5.41, 5.74) is 9.53. The fourth-order valence-corrected chi connectivity index (χ4v) is 1.45. The van der Waals surface area contributed by atoms with Gasteiger partial charge in [-0.3, -0.25) is 9.98 Å². The van der Waals surface area contributed by atoms with Crippen LogP contribution in [0.15, 0.2) is 47.7 Å². The highest BCUT2D eigenvalue weighted by Gasteiger charge is 1.98. The lowest BCUT2D eigenvalue weighted by Crippen LogP contribution is -1.95. The van der Waals surface area contributed by atoms with Crippen molar-refractivity contribution in [3.05, 3.63) is 53.9 Å². The number of nitrogens with two attached hydrogens (primary N) is 1. The second-order valence-corrected chi connectivity index (χ2v) is 3.55. The van der Waals surface area contributed by atoms with Gasteiger partial charge in [-0.15, -0.1) is 0 Å². The van der Waals surface area contributed by atoms with Gasteiger partial charge in [-0.2, -0.15) is 0 Å². The lowest BCUT2D eigenvalue weighted by atomic mass is 10.1. The molecule has 80 valence electrons. The lowest BCUT2D eigenvalue weighted by molar-refractivity contribution is 1.31. The summed E-state index contributed by atoms with van der Waals surface area (Å²) in [7, 11) is 0. The second-order valence-electron chi connectivity index (χ2n) is 3.55. The first-order chi connectivity index (χ1) is 7.77. The zero-order valence-electron chi connectivity index (χ0n) is 9.09. The van der Waals surface area contributed by atoms with Gasteiger partial charge in [0.2, 0.25) is 0 Å². The van der Waals surface area contributed by atoms with E-state index in [2.05, 4.69) is 9.98 Å². The van der Waals surface area contributed by atoms with E-state index in [1.807, 2.05) is 37.3 Å². The zero-order chi connectivity index (χ0) is 11.4. The third-order valence-electron chi connectivity index (χ3n) is 2.35. The van der Waals surface area contributed by atoms with Gasteiger partial charge in [-0.05, 0) is 30.7 Å². The Balaban J connectivity index is 2.31. The van der Waals surface area contributed by atoms with E-state index < -0.39 is 0 Å². The molecule has 0 aliphatic carbocycles. The number of anilines is 1. The van der Waals surface area contributed by atoms with Crippen molar-refractivity contribution in [3.63, 3.8) is 0 Å². The number of hydrogen-bond donors (Lipinski definition) is 1. The Morgan fingerprint density at radius 1 is 1.25 bits per heavy atom. The normalized spacial score (nSPS) is 10.8. The largest absolute Gasteiger partial charge is 0.398 e. The predicted molar refractivity (Wildman–Crippen MR) is 67.1 cm³/mol. The van der Waals surface area contributed by atoms with Crippen LogP contribution in [0.5, 0.6) is 0 Å². The third-order valence-corrected chi connectivity index (χ3v) is 2.35. The summed E-state index contributed by atoms with van der Waals surface area (Å²) in [6, 6.07) is 9.58. The van der Waals surface area contributed by atoms with Crippen LogP contribution >= 0.6 is 0 Å². The molecule has 0 bridgehead atoms. The molecule has 0 atom stereocenters. The zero-order valence-corrected chi connectivity index (χ0v) is 9.09. The summed E-state index contributed by atoms with van der Waals surface area (Å²) < 4.78 is 0. The Bertz CT molecular complexity index is 484. The van der Waals surface area contributed by atoms with E-state index in [0.717, 1.165) is 22.5 Å². The van der Waals surface area contributed by atoms with Crippen LogP contribution < -0.4 is 5.73 Å². The van der Waals surface area contributed by atoms with Gasteiger partial charge in [-0.1, -0.05) is 12.1 Å². The maximum absolute atomic E-state index is 5.88. The molecule has 2 rings (SSSR count). The summed E-state index contributed by atoms with van der Waals surface area (Å²) in [6.45, 7) is 2.01. The SMILES string of the molecule is Cc1cccc(N)c1C=Nc1cccnc1. The number of rotatable bonds is 2. The van der Waals surface area contributed by atoms with Crippen LogP contribution in [0.4, 0.5) is 11.4 Å². The third kappa shape index (κ3) is 2.25. The van der Waals surface area contributed by atoms with Crippen molar-refractivity contribution in [1.82, 2.24) is 4.98 Å². The number of pyridine rings is 1. The molecule has 3 nitrogen and oxygen atoms in total. The lowest BCUT2D eigenvalue weighted by Gasteiger charge is -2.03. The number of nitrogen functional groups attached to an aromatic ring is 1. The Kier molecular flexibility index (Phi) is 2.96. The topological polar surface area (TPSA) is 51.3 Å². The van der Waals surface area contributed by atoms with E-state index in [1.165, 1.54) is 0 Å². The maximum atomic E-state index is 5.88. The molecule has 0 aliphatic heterocycles. The van der Waals surface area contributed by atoms with Crippen LogP contribution in [-0.4, -0.2) is 11.2 Å². The maximum Gasteiger partial charge on any atom is 0.0813 e. The van der Waals surface area contributed by atoms with Crippen LogP contribution in [0, 0.1) is 6.92 Å². The van der Waals surface area contributed by atoms with Gasteiger partial charge in [0.15, 0.2) is 0 Å². The molecule has 1 aromatic heterocycles. The fourth-order valence-electron chi connectivity index (χ4n) is 1.45. The number of hydrogen-bond acceptors (Lipinski definition) is 3. The Morgan fingerprint density at radius 3 is 2.81 bits per heavy atom. The van der Waals surface area contributed by atoms with Gasteiger partial charge in [0.05, 0.1) is 11.9 Å². The van der Waals surface area contributed by atoms with Crippen molar-refractivity contribution in [1.29, 1.82) is 0 Å². The monoisotopic (exact) mass is 211 g/mol. The molecular weight excluding hydrogens is 198 g/mol. The molecule has 1 heterocycles. The van der Waals surface area contributed by atoms with E-state index in [-0.39, 0.29) is 0 Å². The summed E-state index contributed by atoms with van der Waals surface area (Å²) in [6.07, 6.45) is 5.22. The highest BCUT2D eigenvalue weighted by molar-refractivity contribution is 5.90. The molecule has 16 heavy (non-hydrogen) atoms. The van der Waals surface area contributed by atoms with E-state index >= 15 is 0 Å². The minimum Gasteiger partial charge on any atom is -0.398 e. The molecule has 0 spiro atoms. The Hall–Kier alpha value is -2.16. The summed E-state index contributed by atoms with van der Waals surface area (Å²) in [5.74, 6) is 0. The molecule has 2 N–H and O–H groups in total. The van der Waals surface area contributed by atoms with Crippen LogP contribution in [0.1, 0.15) is 11.1 Å². The molecule has 0 saturated heterocycles.